The average Bonchev–Trinajstić information content (AvgIpc) is 2.79. The Labute approximate surface area is 194 Å². The summed E-state index contributed by atoms with van der Waals surface area (Å²) in [5, 5.41) is 2.23. The molecule has 0 unspecified atom stereocenters. The predicted molar refractivity (Wildman–Crippen MR) is 119 cm³/mol. The van der Waals surface area contributed by atoms with E-state index >= 15 is 0 Å². The Hall–Kier alpha value is -3.39. The topological polar surface area (TPSA) is 56.8 Å². The summed E-state index contributed by atoms with van der Waals surface area (Å²) < 4.78 is 56.5. The fourth-order valence-corrected chi connectivity index (χ4v) is 3.19. The zero-order chi connectivity index (χ0) is 24.0. The van der Waals surface area contributed by atoms with Crippen LogP contribution in [0.3, 0.4) is 0 Å². The number of carbonyl (C=O) groups is 1. The van der Waals surface area contributed by atoms with Crippen LogP contribution in [0.15, 0.2) is 60.7 Å². The highest BCUT2D eigenvalue weighted by atomic mass is 35.5. The summed E-state index contributed by atoms with van der Waals surface area (Å²) >= 11 is 5.70. The van der Waals surface area contributed by atoms with Crippen molar-refractivity contribution in [3.8, 4) is 17.2 Å². The zero-order valence-corrected chi connectivity index (χ0v) is 18.6. The molecule has 0 saturated heterocycles. The summed E-state index contributed by atoms with van der Waals surface area (Å²) in [4.78, 5) is 12.7. The van der Waals surface area contributed by atoms with Gasteiger partial charge in [-0.1, -0.05) is 11.6 Å². The fraction of sp³-hybridized carbons (Fsp3) is 0.208. The number of methoxy groups -OCH3 is 1. The van der Waals surface area contributed by atoms with Gasteiger partial charge in [0.1, 0.15) is 23.9 Å². The van der Waals surface area contributed by atoms with Crippen molar-refractivity contribution in [1.29, 1.82) is 0 Å². The molecule has 0 radical (unpaired) electrons. The van der Waals surface area contributed by atoms with E-state index in [0.717, 1.165) is 12.1 Å². The number of ether oxygens (including phenoxy) is 3. The van der Waals surface area contributed by atoms with Crippen LogP contribution in [0, 0.1) is 0 Å². The molecule has 3 aromatic carbocycles. The fourth-order valence-electron chi connectivity index (χ4n) is 3.02. The van der Waals surface area contributed by atoms with Crippen LogP contribution in [0.25, 0.3) is 0 Å². The molecular weight excluding hydrogens is 459 g/mol. The number of amides is 1. The Morgan fingerprint density at radius 1 is 0.970 bits per heavy atom. The Morgan fingerprint density at radius 2 is 1.67 bits per heavy atom. The van der Waals surface area contributed by atoms with E-state index in [-0.39, 0.29) is 22.9 Å². The zero-order valence-electron chi connectivity index (χ0n) is 17.8. The summed E-state index contributed by atoms with van der Waals surface area (Å²) in [5.74, 6) is 1.04. The molecule has 1 amide bonds. The number of nitrogens with one attached hydrogen (secondary N) is 1. The van der Waals surface area contributed by atoms with E-state index < -0.39 is 17.6 Å². The number of anilines is 1. The molecule has 174 valence electrons. The second-order valence-corrected chi connectivity index (χ2v) is 7.30. The molecule has 3 rings (SSSR count). The Bertz CT molecular complexity index is 1120. The van der Waals surface area contributed by atoms with Gasteiger partial charge in [-0.2, -0.15) is 13.2 Å². The molecule has 0 saturated carbocycles. The van der Waals surface area contributed by atoms with Crippen LogP contribution in [0.5, 0.6) is 17.2 Å². The van der Waals surface area contributed by atoms with Crippen molar-refractivity contribution in [2.45, 2.75) is 19.7 Å². The summed E-state index contributed by atoms with van der Waals surface area (Å²) in [6.07, 6.45) is -4.68. The summed E-state index contributed by atoms with van der Waals surface area (Å²) in [5.41, 5.74) is -0.707. The van der Waals surface area contributed by atoms with Gasteiger partial charge in [0.15, 0.2) is 0 Å². The summed E-state index contributed by atoms with van der Waals surface area (Å²) in [6, 6.07) is 14.7. The largest absolute Gasteiger partial charge is 0.497 e. The van der Waals surface area contributed by atoms with E-state index in [1.165, 1.54) is 18.2 Å². The third-order valence-electron chi connectivity index (χ3n) is 4.61. The quantitative estimate of drug-likeness (QED) is 0.395. The van der Waals surface area contributed by atoms with Gasteiger partial charge in [0.25, 0.3) is 5.91 Å². The second kappa shape index (κ2) is 10.5. The molecule has 3 aromatic rings. The van der Waals surface area contributed by atoms with Crippen LogP contribution in [0.4, 0.5) is 18.9 Å². The molecular formula is C24H21ClF3NO4. The smallest absolute Gasteiger partial charge is 0.418 e. The Morgan fingerprint density at radius 3 is 2.30 bits per heavy atom. The molecule has 5 nitrogen and oxygen atoms in total. The molecule has 0 heterocycles. The van der Waals surface area contributed by atoms with Gasteiger partial charge >= 0.3 is 6.18 Å². The first-order valence-corrected chi connectivity index (χ1v) is 10.3. The number of hydrogen-bond acceptors (Lipinski definition) is 4. The first kappa shape index (κ1) is 24.3. The van der Waals surface area contributed by atoms with Crippen molar-refractivity contribution in [1.82, 2.24) is 0 Å². The van der Waals surface area contributed by atoms with Crippen molar-refractivity contribution < 1.29 is 32.2 Å². The van der Waals surface area contributed by atoms with E-state index in [1.54, 1.807) is 37.4 Å². The number of alkyl halides is 3. The second-order valence-electron chi connectivity index (χ2n) is 6.86. The molecule has 1 N–H and O–H groups in total. The van der Waals surface area contributed by atoms with E-state index in [0.29, 0.717) is 29.4 Å². The maximum atomic E-state index is 13.3. The van der Waals surface area contributed by atoms with Crippen LogP contribution in [-0.4, -0.2) is 19.6 Å². The van der Waals surface area contributed by atoms with Crippen LogP contribution >= 0.6 is 11.6 Å². The van der Waals surface area contributed by atoms with Crippen molar-refractivity contribution in [3.63, 3.8) is 0 Å². The van der Waals surface area contributed by atoms with E-state index in [9.17, 15) is 18.0 Å². The van der Waals surface area contributed by atoms with Gasteiger partial charge in [0.2, 0.25) is 0 Å². The third kappa shape index (κ3) is 6.32. The molecule has 0 spiro atoms. The third-order valence-corrected chi connectivity index (χ3v) is 4.85. The minimum absolute atomic E-state index is 0.0809. The molecule has 0 aliphatic rings. The number of carbonyl (C=O) groups excluding carboxylic acids is 1. The van der Waals surface area contributed by atoms with Crippen LogP contribution in [0.1, 0.15) is 28.4 Å². The molecule has 0 atom stereocenters. The van der Waals surface area contributed by atoms with Crippen LogP contribution < -0.4 is 19.5 Å². The summed E-state index contributed by atoms with van der Waals surface area (Å²) in [6.45, 7) is 2.28. The number of hydrogen-bond donors (Lipinski definition) is 1. The molecule has 33 heavy (non-hydrogen) atoms. The number of halogens is 4. The van der Waals surface area contributed by atoms with Crippen molar-refractivity contribution >= 4 is 23.2 Å². The summed E-state index contributed by atoms with van der Waals surface area (Å²) in [7, 11) is 1.56. The Kier molecular flexibility index (Phi) is 7.71. The van der Waals surface area contributed by atoms with E-state index in [1.807, 2.05) is 6.92 Å². The SMILES string of the molecule is CCOc1ccc(C(=O)Nc2ccc(Cl)cc2C(F)(F)F)cc1COc1ccc(OC)cc1. The van der Waals surface area contributed by atoms with Gasteiger partial charge in [-0.3, -0.25) is 4.79 Å². The highest BCUT2D eigenvalue weighted by Gasteiger charge is 2.34. The number of benzene rings is 3. The lowest BCUT2D eigenvalue weighted by Crippen LogP contribution is -2.17. The maximum Gasteiger partial charge on any atom is 0.418 e. The standard InChI is InChI=1S/C24H21ClF3NO4/c1-3-32-22-11-4-15(12-16(22)14-33-19-8-6-18(31-2)7-9-19)23(30)29-21-10-5-17(25)13-20(21)24(26,27)28/h4-13H,3,14H2,1-2H3,(H,29,30). The van der Waals surface area contributed by atoms with Gasteiger partial charge in [0.05, 0.1) is 25.0 Å². The Balaban J connectivity index is 1.82. The van der Waals surface area contributed by atoms with E-state index in [4.69, 9.17) is 25.8 Å². The van der Waals surface area contributed by atoms with Gasteiger partial charge < -0.3 is 19.5 Å². The molecule has 0 fully saturated rings. The van der Waals surface area contributed by atoms with Crippen molar-refractivity contribution in [3.05, 3.63) is 82.4 Å². The molecule has 0 aliphatic carbocycles. The lowest BCUT2D eigenvalue weighted by molar-refractivity contribution is -0.136. The van der Waals surface area contributed by atoms with Crippen molar-refractivity contribution in [2.24, 2.45) is 0 Å². The minimum Gasteiger partial charge on any atom is -0.497 e. The molecule has 0 bridgehead atoms. The highest BCUT2D eigenvalue weighted by molar-refractivity contribution is 6.30. The number of rotatable bonds is 8. The highest BCUT2D eigenvalue weighted by Crippen LogP contribution is 2.36. The van der Waals surface area contributed by atoms with Gasteiger partial charge in [-0.05, 0) is 67.6 Å². The van der Waals surface area contributed by atoms with Gasteiger partial charge in [0, 0.05) is 16.1 Å². The molecule has 0 aliphatic heterocycles. The van der Waals surface area contributed by atoms with Crippen molar-refractivity contribution in [2.75, 3.05) is 19.0 Å². The monoisotopic (exact) mass is 479 g/mol. The predicted octanol–water partition coefficient (Wildman–Crippen LogP) is 6.60. The normalized spacial score (nSPS) is 11.1. The molecule has 9 heteroatoms. The first-order valence-electron chi connectivity index (χ1n) is 9.92. The maximum absolute atomic E-state index is 13.3. The van der Waals surface area contributed by atoms with E-state index in [2.05, 4.69) is 5.32 Å². The first-order chi connectivity index (χ1) is 15.7. The van der Waals surface area contributed by atoms with Crippen LogP contribution in [-0.2, 0) is 12.8 Å². The van der Waals surface area contributed by atoms with Gasteiger partial charge in [-0.15, -0.1) is 0 Å². The average molecular weight is 480 g/mol. The lowest BCUT2D eigenvalue weighted by atomic mass is 10.1. The van der Waals surface area contributed by atoms with Crippen LogP contribution in [0.2, 0.25) is 5.02 Å². The minimum atomic E-state index is -4.68. The van der Waals surface area contributed by atoms with Gasteiger partial charge in [-0.25, -0.2) is 0 Å². The molecule has 0 aromatic heterocycles. The lowest BCUT2D eigenvalue weighted by Gasteiger charge is -2.16.